The van der Waals surface area contributed by atoms with Crippen molar-refractivity contribution in [2.75, 3.05) is 10.6 Å². The first-order valence-corrected chi connectivity index (χ1v) is 16.1. The van der Waals surface area contributed by atoms with Gasteiger partial charge in [0.05, 0.1) is 11.4 Å². The number of azo groups is 2. The minimum atomic E-state index is -0.648. The summed E-state index contributed by atoms with van der Waals surface area (Å²) in [6.07, 6.45) is 0. The molecule has 3 aromatic rings. The van der Waals surface area contributed by atoms with E-state index >= 15 is 0 Å². The van der Waals surface area contributed by atoms with Crippen LogP contribution in [-0.2, 0) is 9.59 Å². The van der Waals surface area contributed by atoms with Crippen molar-refractivity contribution in [3.8, 4) is 0 Å². The molecule has 3 aromatic carbocycles. The summed E-state index contributed by atoms with van der Waals surface area (Å²) in [7, 11) is 0. The van der Waals surface area contributed by atoms with E-state index in [1.807, 2.05) is 144 Å². The molecule has 44 heavy (non-hydrogen) atoms. The maximum Gasteiger partial charge on any atom is 0.250 e. The molecule has 0 saturated carbocycles. The fourth-order valence-electron chi connectivity index (χ4n) is 2.53. The maximum atomic E-state index is 12.3. The number of hydrogen-bond donors (Lipinski definition) is 2. The van der Waals surface area contributed by atoms with Gasteiger partial charge in [0.2, 0.25) is 0 Å². The second-order valence-electron chi connectivity index (χ2n) is 7.01. The van der Waals surface area contributed by atoms with Crippen LogP contribution in [-0.4, -0.2) is 23.9 Å². The number of nitrogens with one attached hydrogen (secondary N) is 2. The summed E-state index contributed by atoms with van der Waals surface area (Å²) in [4.78, 5) is 24.6. The molecule has 8 nitrogen and oxygen atoms in total. The van der Waals surface area contributed by atoms with Crippen molar-refractivity contribution in [1.82, 2.24) is 0 Å². The SMILES string of the molecule is CC.CC.CC.CC.CC.CC.CC(N=Nc1ccccc1)C(=O)Nc1ccc(NC(=O)C(C)N=Nc2ccccc2)cc1.[HH].[HH]. The van der Waals surface area contributed by atoms with Crippen LogP contribution in [0.1, 0.15) is 99.8 Å². The lowest BCUT2D eigenvalue weighted by molar-refractivity contribution is -0.117. The third kappa shape index (κ3) is 22.4. The Morgan fingerprint density at radius 2 is 0.727 bits per heavy atom. The number of hydrogen-bond acceptors (Lipinski definition) is 6. The predicted molar refractivity (Wildman–Crippen MR) is 197 cm³/mol. The molecule has 8 heteroatoms. The van der Waals surface area contributed by atoms with E-state index in [1.54, 1.807) is 38.1 Å². The first kappa shape index (κ1) is 46.7. The molecular weight excluding hydrogens is 548 g/mol. The van der Waals surface area contributed by atoms with E-state index in [0.717, 1.165) is 0 Å². The van der Waals surface area contributed by atoms with Crippen LogP contribution in [0.25, 0.3) is 0 Å². The van der Waals surface area contributed by atoms with E-state index in [-0.39, 0.29) is 14.7 Å². The number of nitrogens with zero attached hydrogens (tertiary/aromatic N) is 4. The van der Waals surface area contributed by atoms with Gasteiger partial charge in [-0.25, -0.2) is 0 Å². The van der Waals surface area contributed by atoms with Gasteiger partial charge in [-0.3, -0.25) is 9.59 Å². The van der Waals surface area contributed by atoms with E-state index in [2.05, 4.69) is 31.1 Å². The van der Waals surface area contributed by atoms with Crippen LogP contribution in [0.3, 0.4) is 0 Å². The van der Waals surface area contributed by atoms with Crippen LogP contribution in [0.4, 0.5) is 22.7 Å². The molecule has 0 radical (unpaired) electrons. The Kier molecular flexibility index (Phi) is 37.2. The molecule has 0 aliphatic rings. The number of carbonyl (C=O) groups excluding carboxylic acids is 2. The van der Waals surface area contributed by atoms with E-state index in [0.29, 0.717) is 22.7 Å². The van der Waals surface area contributed by atoms with Gasteiger partial charge >= 0.3 is 0 Å². The van der Waals surface area contributed by atoms with Crippen molar-refractivity contribution in [3.05, 3.63) is 84.9 Å². The van der Waals surface area contributed by atoms with Gasteiger partial charge in [-0.05, 0) is 62.4 Å². The largest absolute Gasteiger partial charge is 0.324 e. The Morgan fingerprint density at radius 3 is 0.977 bits per heavy atom. The highest BCUT2D eigenvalue weighted by molar-refractivity contribution is 5.96. The summed E-state index contributed by atoms with van der Waals surface area (Å²) in [5.41, 5.74) is 2.55. The number of anilines is 2. The Balaban J connectivity index is -0.000000256. The molecule has 3 rings (SSSR count). The van der Waals surface area contributed by atoms with Crippen LogP contribution in [0.15, 0.2) is 105 Å². The van der Waals surface area contributed by atoms with Gasteiger partial charge in [0.1, 0.15) is 12.1 Å². The smallest absolute Gasteiger partial charge is 0.250 e. The van der Waals surface area contributed by atoms with E-state index in [9.17, 15) is 9.59 Å². The van der Waals surface area contributed by atoms with Crippen molar-refractivity contribution >= 4 is 34.6 Å². The van der Waals surface area contributed by atoms with Crippen LogP contribution in [0.2, 0.25) is 0 Å². The zero-order valence-electron chi connectivity index (χ0n) is 29.8. The molecule has 0 bridgehead atoms. The molecule has 0 saturated heterocycles. The fraction of sp³-hybridized carbons (Fsp3) is 0.444. The predicted octanol–water partition coefficient (Wildman–Crippen LogP) is 12.6. The van der Waals surface area contributed by atoms with Crippen molar-refractivity contribution in [1.29, 1.82) is 0 Å². The highest BCUT2D eigenvalue weighted by atomic mass is 16.2. The zero-order chi connectivity index (χ0) is 34.8. The molecule has 0 aliphatic carbocycles. The zero-order valence-corrected chi connectivity index (χ0v) is 29.8. The third-order valence-corrected chi connectivity index (χ3v) is 4.38. The topological polar surface area (TPSA) is 108 Å². The second-order valence-corrected chi connectivity index (χ2v) is 7.01. The van der Waals surface area contributed by atoms with Gasteiger partial charge in [0.25, 0.3) is 11.8 Å². The average Bonchev–Trinajstić information content (AvgIpc) is 3.13. The number of rotatable bonds is 8. The first-order chi connectivity index (χ1) is 21.5. The Morgan fingerprint density at radius 1 is 0.477 bits per heavy atom. The van der Waals surface area contributed by atoms with Crippen molar-refractivity contribution < 1.29 is 12.4 Å². The Hall–Kier alpha value is -4.20. The summed E-state index contributed by atoms with van der Waals surface area (Å²) < 4.78 is 0. The van der Waals surface area contributed by atoms with E-state index in [4.69, 9.17) is 0 Å². The van der Waals surface area contributed by atoms with Crippen LogP contribution < -0.4 is 10.6 Å². The van der Waals surface area contributed by atoms with E-state index in [1.165, 1.54) is 0 Å². The van der Waals surface area contributed by atoms with Crippen LogP contribution in [0.5, 0.6) is 0 Å². The molecule has 0 heterocycles. The van der Waals surface area contributed by atoms with Crippen molar-refractivity contribution in [2.45, 2.75) is 109 Å². The molecule has 0 aliphatic heterocycles. The molecule has 0 spiro atoms. The Labute approximate surface area is 271 Å². The minimum Gasteiger partial charge on any atom is -0.324 e. The standard InChI is InChI=1S/C24H24N6O2.6C2H6.2H2/c1-17(27-29-21-9-5-3-6-10-21)23(31)25-19-13-15-20(16-14-19)26-24(32)18(2)28-30-22-11-7-4-8-12-22;6*1-2;;/h3-18H,1-2H3,(H,25,31)(H,26,32);6*1-2H3;2*1H. The quantitative estimate of drug-likeness (QED) is 0.247. The third-order valence-electron chi connectivity index (χ3n) is 4.38. The van der Waals surface area contributed by atoms with E-state index < -0.39 is 12.1 Å². The lowest BCUT2D eigenvalue weighted by Gasteiger charge is -2.10. The highest BCUT2D eigenvalue weighted by Gasteiger charge is 2.14. The summed E-state index contributed by atoms with van der Waals surface area (Å²) in [6.45, 7) is 27.3. The number of benzene rings is 3. The molecular formula is C36H64N6O2. The highest BCUT2D eigenvalue weighted by Crippen LogP contribution is 2.17. The van der Waals surface area contributed by atoms with Gasteiger partial charge in [-0.1, -0.05) is 119 Å². The molecule has 2 atom stereocenters. The fourth-order valence-corrected chi connectivity index (χ4v) is 2.53. The Bertz CT molecular complexity index is 1010. The van der Waals surface area contributed by atoms with Crippen molar-refractivity contribution in [2.24, 2.45) is 20.5 Å². The average molecular weight is 613 g/mol. The number of amides is 2. The number of carbonyl (C=O) groups is 2. The van der Waals surface area contributed by atoms with Crippen molar-refractivity contribution in [3.63, 3.8) is 0 Å². The first-order valence-electron chi connectivity index (χ1n) is 16.1. The molecule has 2 amide bonds. The van der Waals surface area contributed by atoms with Gasteiger partial charge in [-0.15, -0.1) is 0 Å². The lowest BCUT2D eigenvalue weighted by atomic mass is 10.2. The van der Waals surface area contributed by atoms with Gasteiger partial charge in [-0.2, -0.15) is 20.5 Å². The summed E-state index contributed by atoms with van der Waals surface area (Å²) in [6, 6.07) is 23.9. The van der Waals surface area contributed by atoms with Gasteiger partial charge < -0.3 is 10.6 Å². The second kappa shape index (κ2) is 35.0. The van der Waals surface area contributed by atoms with Gasteiger partial charge in [0, 0.05) is 14.2 Å². The summed E-state index contributed by atoms with van der Waals surface area (Å²) in [5.74, 6) is -0.562. The van der Waals surface area contributed by atoms with Crippen LogP contribution in [0, 0.1) is 0 Å². The minimum absolute atomic E-state index is 0. The monoisotopic (exact) mass is 613 g/mol. The summed E-state index contributed by atoms with van der Waals surface area (Å²) >= 11 is 0. The molecule has 0 fully saturated rings. The molecule has 0 aromatic heterocycles. The van der Waals surface area contributed by atoms with Crippen LogP contribution >= 0.6 is 0 Å². The molecule has 250 valence electrons. The summed E-state index contributed by atoms with van der Waals surface area (Å²) in [5, 5.41) is 21.8. The maximum absolute atomic E-state index is 12.3. The molecule has 2 N–H and O–H groups in total. The normalized spacial score (nSPS) is 10.3. The molecule has 2 unspecified atom stereocenters. The lowest BCUT2D eigenvalue weighted by Crippen LogP contribution is -2.24. The van der Waals surface area contributed by atoms with Gasteiger partial charge in [0.15, 0.2) is 0 Å².